The van der Waals surface area contributed by atoms with Gasteiger partial charge in [-0.05, 0) is 6.07 Å². The zero-order chi connectivity index (χ0) is 10.1. The Morgan fingerprint density at radius 3 is 2.46 bits per heavy atom. The van der Waals surface area contributed by atoms with Crippen molar-refractivity contribution < 1.29 is 18.3 Å². The lowest BCUT2D eigenvalue weighted by molar-refractivity contribution is -0.127. The molecule has 5 heteroatoms. The fraction of sp³-hybridized carbons (Fsp3) is 0.250. The molecule has 0 fully saturated rings. The quantitative estimate of drug-likeness (QED) is 0.680. The first kappa shape index (κ1) is 10.2. The minimum Gasteiger partial charge on any atom is -0.506 e. The van der Waals surface area contributed by atoms with E-state index in [1.807, 2.05) is 0 Å². The number of rotatable bonds is 1. The van der Waals surface area contributed by atoms with Crippen LogP contribution in [0.4, 0.5) is 13.2 Å². The van der Waals surface area contributed by atoms with Crippen LogP contribution in [0.1, 0.15) is 5.56 Å². The normalized spacial score (nSPS) is 11.7. The number of thiol groups is 1. The van der Waals surface area contributed by atoms with E-state index >= 15 is 0 Å². The van der Waals surface area contributed by atoms with Crippen LogP contribution in [0.25, 0.3) is 0 Å². The molecule has 0 aliphatic carbocycles. The average Bonchev–Trinajstić information content (AvgIpc) is 1.96. The van der Waals surface area contributed by atoms with Crippen molar-refractivity contribution >= 4 is 12.6 Å². The van der Waals surface area contributed by atoms with Crippen LogP contribution in [-0.2, 0) is 6.42 Å². The number of benzene rings is 1. The molecule has 72 valence electrons. The molecule has 0 aliphatic rings. The Labute approximate surface area is 78.6 Å². The second-order valence-corrected chi connectivity index (χ2v) is 3.06. The molecule has 0 heterocycles. The lowest BCUT2D eigenvalue weighted by Crippen LogP contribution is -2.11. The van der Waals surface area contributed by atoms with Gasteiger partial charge in [-0.25, -0.2) is 0 Å². The molecule has 1 rings (SSSR count). The highest BCUT2D eigenvalue weighted by Gasteiger charge is 2.29. The predicted molar refractivity (Wildman–Crippen MR) is 45.1 cm³/mol. The van der Waals surface area contributed by atoms with Gasteiger partial charge in [0.25, 0.3) is 0 Å². The standard InChI is InChI=1S/C8H7F3OS/c9-8(10,11)4-5-2-1-3-6(13)7(5)12/h1-3,12-13H,4H2. The summed E-state index contributed by atoms with van der Waals surface area (Å²) < 4.78 is 35.8. The van der Waals surface area contributed by atoms with Crippen molar-refractivity contribution in [3.63, 3.8) is 0 Å². The molecule has 0 atom stereocenters. The number of halogens is 3. The van der Waals surface area contributed by atoms with Crippen LogP contribution >= 0.6 is 12.6 Å². The van der Waals surface area contributed by atoms with Crippen LogP contribution in [0.3, 0.4) is 0 Å². The van der Waals surface area contributed by atoms with E-state index in [0.717, 1.165) is 0 Å². The Balaban J connectivity index is 2.96. The molecule has 1 N–H and O–H groups in total. The Bertz CT molecular complexity index is 309. The topological polar surface area (TPSA) is 20.2 Å². The molecular weight excluding hydrogens is 201 g/mol. The molecule has 0 saturated heterocycles. The summed E-state index contributed by atoms with van der Waals surface area (Å²) in [5.74, 6) is -0.400. The van der Waals surface area contributed by atoms with Crippen LogP contribution < -0.4 is 0 Å². The molecule has 0 saturated carbocycles. The fourth-order valence-corrected chi connectivity index (χ4v) is 1.17. The molecule has 0 radical (unpaired) electrons. The lowest BCUT2D eigenvalue weighted by atomic mass is 10.1. The van der Waals surface area contributed by atoms with E-state index in [2.05, 4.69) is 12.6 Å². The van der Waals surface area contributed by atoms with Crippen molar-refractivity contribution in [1.82, 2.24) is 0 Å². The van der Waals surface area contributed by atoms with Crippen molar-refractivity contribution in [1.29, 1.82) is 0 Å². The van der Waals surface area contributed by atoms with Crippen LogP contribution in [-0.4, -0.2) is 11.3 Å². The van der Waals surface area contributed by atoms with Crippen molar-refractivity contribution in [3.05, 3.63) is 23.8 Å². The summed E-state index contributed by atoms with van der Waals surface area (Å²) in [6, 6.07) is 4.07. The third-order valence-electron chi connectivity index (χ3n) is 1.49. The maximum absolute atomic E-state index is 11.9. The highest BCUT2D eigenvalue weighted by molar-refractivity contribution is 7.80. The smallest absolute Gasteiger partial charge is 0.393 e. The largest absolute Gasteiger partial charge is 0.506 e. The molecule has 13 heavy (non-hydrogen) atoms. The van der Waals surface area contributed by atoms with Gasteiger partial charge in [0, 0.05) is 10.5 Å². The average molecular weight is 208 g/mol. The van der Waals surface area contributed by atoms with Crippen LogP contribution in [0.15, 0.2) is 23.1 Å². The number of aromatic hydroxyl groups is 1. The zero-order valence-corrected chi connectivity index (χ0v) is 7.36. The molecule has 0 bridgehead atoms. The SMILES string of the molecule is Oc1c(S)cccc1CC(F)(F)F. The minimum atomic E-state index is -4.31. The van der Waals surface area contributed by atoms with E-state index in [0.29, 0.717) is 0 Å². The molecule has 0 aromatic heterocycles. The summed E-state index contributed by atoms with van der Waals surface area (Å²) in [4.78, 5) is 0.154. The van der Waals surface area contributed by atoms with Gasteiger partial charge in [-0.15, -0.1) is 12.6 Å². The summed E-state index contributed by atoms with van der Waals surface area (Å²) in [7, 11) is 0. The Morgan fingerprint density at radius 1 is 1.31 bits per heavy atom. The zero-order valence-electron chi connectivity index (χ0n) is 6.47. The van der Waals surface area contributed by atoms with Gasteiger partial charge in [0.15, 0.2) is 0 Å². The molecule has 1 aromatic carbocycles. The molecule has 0 unspecified atom stereocenters. The summed E-state index contributed by atoms with van der Waals surface area (Å²) in [5.41, 5.74) is -0.153. The van der Waals surface area contributed by atoms with Crippen molar-refractivity contribution in [2.45, 2.75) is 17.5 Å². The third-order valence-corrected chi connectivity index (χ3v) is 1.85. The Kier molecular flexibility index (Phi) is 2.75. The number of phenolic OH excluding ortho intramolecular Hbond substituents is 1. The molecule has 1 nitrogen and oxygen atoms in total. The van der Waals surface area contributed by atoms with E-state index in [9.17, 15) is 18.3 Å². The highest BCUT2D eigenvalue weighted by atomic mass is 32.1. The fourth-order valence-electron chi connectivity index (χ4n) is 0.936. The minimum absolute atomic E-state index is 0.153. The summed E-state index contributed by atoms with van der Waals surface area (Å²) in [5, 5.41) is 9.18. The molecule has 0 spiro atoms. The summed E-state index contributed by atoms with van der Waals surface area (Å²) in [6.45, 7) is 0. The number of hydrogen-bond donors (Lipinski definition) is 2. The first-order chi connectivity index (χ1) is 5.90. The van der Waals surface area contributed by atoms with E-state index in [1.165, 1.54) is 18.2 Å². The summed E-state index contributed by atoms with van der Waals surface area (Å²) in [6.07, 6.45) is -5.44. The van der Waals surface area contributed by atoms with Crippen molar-refractivity contribution in [3.8, 4) is 5.75 Å². The van der Waals surface area contributed by atoms with Gasteiger partial charge in [0.1, 0.15) is 5.75 Å². The Morgan fingerprint density at radius 2 is 1.92 bits per heavy atom. The van der Waals surface area contributed by atoms with E-state index < -0.39 is 18.3 Å². The van der Waals surface area contributed by atoms with Gasteiger partial charge in [-0.1, -0.05) is 12.1 Å². The van der Waals surface area contributed by atoms with Gasteiger partial charge in [0.05, 0.1) is 6.42 Å². The second kappa shape index (κ2) is 3.49. The van der Waals surface area contributed by atoms with Gasteiger partial charge in [-0.3, -0.25) is 0 Å². The van der Waals surface area contributed by atoms with Crippen molar-refractivity contribution in [2.75, 3.05) is 0 Å². The molecule has 1 aromatic rings. The van der Waals surface area contributed by atoms with Gasteiger partial charge in [0.2, 0.25) is 0 Å². The van der Waals surface area contributed by atoms with E-state index in [1.54, 1.807) is 0 Å². The molecular formula is C8H7F3OS. The number of hydrogen-bond acceptors (Lipinski definition) is 2. The highest BCUT2D eigenvalue weighted by Crippen LogP contribution is 2.30. The Hall–Kier alpha value is -0.840. The number of alkyl halides is 3. The van der Waals surface area contributed by atoms with Crippen LogP contribution in [0.5, 0.6) is 5.75 Å². The van der Waals surface area contributed by atoms with Crippen LogP contribution in [0, 0.1) is 0 Å². The van der Waals surface area contributed by atoms with Gasteiger partial charge < -0.3 is 5.11 Å². The predicted octanol–water partition coefficient (Wildman–Crippen LogP) is 2.79. The third kappa shape index (κ3) is 2.84. The van der Waals surface area contributed by atoms with Crippen molar-refractivity contribution in [2.24, 2.45) is 0 Å². The maximum atomic E-state index is 11.9. The van der Waals surface area contributed by atoms with E-state index in [4.69, 9.17) is 0 Å². The van der Waals surface area contributed by atoms with Crippen LogP contribution in [0.2, 0.25) is 0 Å². The first-order valence-corrected chi connectivity index (χ1v) is 3.91. The first-order valence-electron chi connectivity index (χ1n) is 3.47. The summed E-state index contributed by atoms with van der Waals surface area (Å²) >= 11 is 3.80. The van der Waals surface area contributed by atoms with Gasteiger partial charge >= 0.3 is 6.18 Å². The number of para-hydroxylation sites is 1. The van der Waals surface area contributed by atoms with Gasteiger partial charge in [-0.2, -0.15) is 13.2 Å². The molecule has 0 amide bonds. The number of phenols is 1. The van der Waals surface area contributed by atoms with E-state index in [-0.39, 0.29) is 10.5 Å². The maximum Gasteiger partial charge on any atom is 0.393 e. The monoisotopic (exact) mass is 208 g/mol. The molecule has 0 aliphatic heterocycles. The lowest BCUT2D eigenvalue weighted by Gasteiger charge is -2.08. The second-order valence-electron chi connectivity index (χ2n) is 2.58.